The molecular weight excluding hydrogens is 582 g/mol. The van der Waals surface area contributed by atoms with Crippen LogP contribution in [0.3, 0.4) is 0 Å². The van der Waals surface area contributed by atoms with Gasteiger partial charge in [0.1, 0.15) is 11.4 Å². The highest BCUT2D eigenvalue weighted by atomic mass is 16.6. The number of ether oxygens (including phenoxy) is 3. The molecule has 0 saturated carbocycles. The maximum absolute atomic E-state index is 14.7. The lowest BCUT2D eigenvalue weighted by Gasteiger charge is -2.40. The maximum Gasteiger partial charge on any atom is 0.410 e. The number of methoxy groups -OCH3 is 1. The van der Waals surface area contributed by atoms with Crippen LogP contribution < -0.4 is 14.5 Å². The van der Waals surface area contributed by atoms with Crippen molar-refractivity contribution in [1.29, 1.82) is 0 Å². The van der Waals surface area contributed by atoms with E-state index in [4.69, 9.17) is 14.2 Å². The zero-order chi connectivity index (χ0) is 32.8. The first-order valence-electron chi connectivity index (χ1n) is 16.1. The molecule has 0 unspecified atom stereocenters. The number of nitrogens with zero attached hydrogens (tertiary/aromatic N) is 3. The first kappa shape index (κ1) is 33.0. The monoisotopic (exact) mass is 627 g/mol. The summed E-state index contributed by atoms with van der Waals surface area (Å²) in [5, 5.41) is 0. The SMILES string of the molecule is CCN(C(=O)[C@H]1CN(C(=O)OC(C)(C)C)CC[C@@H]1c1cccc(-c2ccccc2)c1)c1ccc2c(c1)N(CCCOC)C(=O)CO2. The summed E-state index contributed by atoms with van der Waals surface area (Å²) in [5.74, 6) is -0.238. The molecule has 3 aromatic rings. The molecule has 0 radical (unpaired) electrons. The van der Waals surface area contributed by atoms with Crippen LogP contribution in [0.25, 0.3) is 11.1 Å². The third-order valence-corrected chi connectivity index (χ3v) is 8.51. The Morgan fingerprint density at radius 2 is 1.76 bits per heavy atom. The molecule has 2 aliphatic heterocycles. The Hall–Kier alpha value is -4.37. The zero-order valence-electron chi connectivity index (χ0n) is 27.5. The van der Waals surface area contributed by atoms with E-state index in [0.29, 0.717) is 56.2 Å². The summed E-state index contributed by atoms with van der Waals surface area (Å²) in [7, 11) is 1.64. The summed E-state index contributed by atoms with van der Waals surface area (Å²) >= 11 is 0. The highest BCUT2D eigenvalue weighted by Gasteiger charge is 2.40. The van der Waals surface area contributed by atoms with Gasteiger partial charge in [0.2, 0.25) is 5.91 Å². The Balaban J connectivity index is 1.48. The van der Waals surface area contributed by atoms with Crippen molar-refractivity contribution in [2.75, 3.05) is 56.3 Å². The standard InChI is InChI=1S/C37H45N3O6/c1-6-39(29-16-17-33-32(23-29)40(19-11-21-44-5)34(41)25-45-33)35(42)31-24-38(36(43)46-37(2,3)4)20-18-30(31)28-15-10-14-27(22-28)26-12-8-7-9-13-26/h7-10,12-17,22-23,30-31H,6,11,18-21,24-25H2,1-5H3/t30-,31+/m1/s1. The second-order valence-corrected chi connectivity index (χ2v) is 12.8. The number of carbonyl (C=O) groups is 3. The average molecular weight is 628 g/mol. The molecule has 2 heterocycles. The molecule has 1 fully saturated rings. The van der Waals surface area contributed by atoms with Crippen LogP contribution in [0, 0.1) is 5.92 Å². The fraction of sp³-hybridized carbons (Fsp3) is 0.432. The molecule has 2 atom stereocenters. The van der Waals surface area contributed by atoms with Gasteiger partial charge in [-0.25, -0.2) is 4.79 Å². The van der Waals surface area contributed by atoms with Gasteiger partial charge in [-0.3, -0.25) is 9.59 Å². The lowest BCUT2D eigenvalue weighted by atomic mass is 9.79. The molecule has 0 aliphatic carbocycles. The van der Waals surface area contributed by atoms with Gasteiger partial charge in [0.15, 0.2) is 6.61 Å². The average Bonchev–Trinajstić information content (AvgIpc) is 3.05. The smallest absolute Gasteiger partial charge is 0.410 e. The van der Waals surface area contributed by atoms with Gasteiger partial charge < -0.3 is 28.9 Å². The molecule has 5 rings (SSSR count). The Bertz CT molecular complexity index is 1540. The number of amides is 3. The van der Waals surface area contributed by atoms with E-state index in [2.05, 4.69) is 30.3 Å². The van der Waals surface area contributed by atoms with Crippen molar-refractivity contribution < 1.29 is 28.6 Å². The van der Waals surface area contributed by atoms with Gasteiger partial charge >= 0.3 is 6.09 Å². The minimum absolute atomic E-state index is 0.0257. The van der Waals surface area contributed by atoms with Crippen LogP contribution in [0.2, 0.25) is 0 Å². The molecule has 3 amide bonds. The van der Waals surface area contributed by atoms with E-state index in [0.717, 1.165) is 16.7 Å². The number of fused-ring (bicyclic) bond motifs is 1. The Kier molecular flexibility index (Phi) is 10.3. The number of carbonyl (C=O) groups excluding carboxylic acids is 3. The summed E-state index contributed by atoms with van der Waals surface area (Å²) in [4.78, 5) is 45.9. The van der Waals surface area contributed by atoms with Crippen LogP contribution in [0.5, 0.6) is 5.75 Å². The summed E-state index contributed by atoms with van der Waals surface area (Å²) < 4.78 is 16.7. The van der Waals surface area contributed by atoms with E-state index in [1.165, 1.54) is 0 Å². The van der Waals surface area contributed by atoms with Gasteiger partial charge in [0, 0.05) is 45.6 Å². The summed E-state index contributed by atoms with van der Waals surface area (Å²) in [6.45, 7) is 9.60. The highest BCUT2D eigenvalue weighted by molar-refractivity contribution is 6.01. The van der Waals surface area contributed by atoms with Crippen LogP contribution in [0.15, 0.2) is 72.8 Å². The zero-order valence-corrected chi connectivity index (χ0v) is 27.5. The van der Waals surface area contributed by atoms with Crippen molar-refractivity contribution in [2.45, 2.75) is 52.1 Å². The molecule has 244 valence electrons. The first-order chi connectivity index (χ1) is 22.1. The summed E-state index contributed by atoms with van der Waals surface area (Å²) in [6.07, 6.45) is 0.876. The molecule has 0 bridgehead atoms. The molecule has 0 N–H and O–H groups in total. The number of hydrogen-bond acceptors (Lipinski definition) is 6. The van der Waals surface area contributed by atoms with Crippen molar-refractivity contribution in [2.24, 2.45) is 5.92 Å². The van der Waals surface area contributed by atoms with Crippen molar-refractivity contribution in [3.8, 4) is 16.9 Å². The van der Waals surface area contributed by atoms with Crippen LogP contribution in [0.1, 0.15) is 52.0 Å². The fourth-order valence-electron chi connectivity index (χ4n) is 6.31. The molecule has 9 nitrogen and oxygen atoms in total. The van der Waals surface area contributed by atoms with Crippen molar-refractivity contribution in [3.63, 3.8) is 0 Å². The normalized spacial score (nSPS) is 18.1. The molecular formula is C37H45N3O6. The third kappa shape index (κ3) is 7.53. The Labute approximate surface area is 272 Å². The number of rotatable bonds is 9. The third-order valence-electron chi connectivity index (χ3n) is 8.51. The predicted octanol–water partition coefficient (Wildman–Crippen LogP) is 6.51. The van der Waals surface area contributed by atoms with Gasteiger partial charge in [-0.05, 0) is 81.3 Å². The number of likely N-dealkylation sites (tertiary alicyclic amines) is 1. The minimum Gasteiger partial charge on any atom is -0.482 e. The predicted molar refractivity (Wildman–Crippen MR) is 179 cm³/mol. The van der Waals surface area contributed by atoms with Crippen molar-refractivity contribution in [1.82, 2.24) is 4.90 Å². The van der Waals surface area contributed by atoms with E-state index in [-0.39, 0.29) is 30.9 Å². The highest BCUT2D eigenvalue weighted by Crippen LogP contribution is 2.40. The topological polar surface area (TPSA) is 88.6 Å². The van der Waals surface area contributed by atoms with E-state index in [9.17, 15) is 14.4 Å². The summed E-state index contributed by atoms with van der Waals surface area (Å²) in [6, 6.07) is 24.1. The molecule has 2 aliphatic rings. The number of piperidine rings is 1. The maximum atomic E-state index is 14.7. The molecule has 46 heavy (non-hydrogen) atoms. The number of anilines is 2. The minimum atomic E-state index is -0.648. The van der Waals surface area contributed by atoms with E-state index >= 15 is 0 Å². The van der Waals surface area contributed by atoms with Gasteiger partial charge in [-0.15, -0.1) is 0 Å². The van der Waals surface area contributed by atoms with Crippen LogP contribution in [-0.4, -0.2) is 74.9 Å². The number of hydrogen-bond donors (Lipinski definition) is 0. The second kappa shape index (κ2) is 14.4. The van der Waals surface area contributed by atoms with Crippen molar-refractivity contribution >= 4 is 29.3 Å². The van der Waals surface area contributed by atoms with Crippen LogP contribution >= 0.6 is 0 Å². The second-order valence-electron chi connectivity index (χ2n) is 12.8. The van der Waals surface area contributed by atoms with Gasteiger partial charge in [0.25, 0.3) is 5.91 Å². The Morgan fingerprint density at radius 3 is 2.48 bits per heavy atom. The van der Waals surface area contributed by atoms with Gasteiger partial charge in [-0.1, -0.05) is 54.6 Å². The van der Waals surface area contributed by atoms with E-state index < -0.39 is 17.6 Å². The first-order valence-corrected chi connectivity index (χ1v) is 16.1. The lowest BCUT2D eigenvalue weighted by molar-refractivity contribution is -0.124. The quantitative estimate of drug-likeness (QED) is 0.252. The van der Waals surface area contributed by atoms with Gasteiger partial charge in [0.05, 0.1) is 11.6 Å². The molecule has 3 aromatic carbocycles. The van der Waals surface area contributed by atoms with Gasteiger partial charge in [-0.2, -0.15) is 0 Å². The van der Waals surface area contributed by atoms with Crippen LogP contribution in [-0.2, 0) is 19.1 Å². The molecule has 9 heteroatoms. The largest absolute Gasteiger partial charge is 0.482 e. The van der Waals surface area contributed by atoms with Crippen molar-refractivity contribution in [3.05, 3.63) is 78.4 Å². The molecule has 1 saturated heterocycles. The summed E-state index contributed by atoms with van der Waals surface area (Å²) in [5.41, 5.74) is 3.92. The lowest BCUT2D eigenvalue weighted by Crippen LogP contribution is -2.51. The van der Waals surface area contributed by atoms with E-state index in [1.807, 2.05) is 70.2 Å². The van der Waals surface area contributed by atoms with Crippen LogP contribution in [0.4, 0.5) is 16.2 Å². The van der Waals surface area contributed by atoms with E-state index in [1.54, 1.807) is 21.8 Å². The Morgan fingerprint density at radius 1 is 1.00 bits per heavy atom. The molecule has 0 aromatic heterocycles. The number of benzene rings is 3. The molecule has 0 spiro atoms. The fourth-order valence-corrected chi connectivity index (χ4v) is 6.31.